The summed E-state index contributed by atoms with van der Waals surface area (Å²) >= 11 is 0. The average Bonchev–Trinajstić information content (AvgIpc) is 2.11. The van der Waals surface area contributed by atoms with Crippen molar-refractivity contribution in [2.24, 2.45) is 0 Å². The highest BCUT2D eigenvalue weighted by Crippen LogP contribution is 2.11. The predicted molar refractivity (Wildman–Crippen MR) is 55.3 cm³/mol. The third-order valence-corrected chi connectivity index (χ3v) is 1.94. The van der Waals surface area contributed by atoms with Crippen LogP contribution in [0.15, 0.2) is 24.3 Å². The van der Waals surface area contributed by atoms with Crippen LogP contribution in [0, 0.1) is 0 Å². The Morgan fingerprint density at radius 1 is 1.40 bits per heavy atom. The van der Waals surface area contributed by atoms with Gasteiger partial charge >= 0.3 is 0 Å². The van der Waals surface area contributed by atoms with E-state index in [9.17, 15) is 8.78 Å². The zero-order valence-electron chi connectivity index (χ0n) is 8.63. The van der Waals surface area contributed by atoms with Gasteiger partial charge in [-0.1, -0.05) is 12.1 Å². The van der Waals surface area contributed by atoms with Crippen LogP contribution in [0.3, 0.4) is 0 Å². The standard InChI is InChI=1S/C11H15F2NO/c1-11(12,13)8-14-6-5-9-3-2-4-10(15)7-9/h2-4,7,14-15H,5-6,8H2,1H3. The molecular weight excluding hydrogens is 200 g/mol. The van der Waals surface area contributed by atoms with Crippen LogP contribution in [0.4, 0.5) is 8.78 Å². The molecule has 0 radical (unpaired) electrons. The zero-order chi connectivity index (χ0) is 11.3. The van der Waals surface area contributed by atoms with Gasteiger partial charge < -0.3 is 10.4 Å². The lowest BCUT2D eigenvalue weighted by molar-refractivity contribution is 0.0230. The van der Waals surface area contributed by atoms with Crippen LogP contribution < -0.4 is 5.32 Å². The summed E-state index contributed by atoms with van der Waals surface area (Å²) in [5, 5.41) is 11.8. The molecule has 0 amide bonds. The van der Waals surface area contributed by atoms with Gasteiger partial charge in [-0.3, -0.25) is 0 Å². The van der Waals surface area contributed by atoms with E-state index in [2.05, 4.69) is 5.32 Å². The van der Waals surface area contributed by atoms with Crippen molar-refractivity contribution in [1.29, 1.82) is 0 Å². The van der Waals surface area contributed by atoms with Crippen LogP contribution in [-0.2, 0) is 6.42 Å². The van der Waals surface area contributed by atoms with E-state index in [4.69, 9.17) is 5.11 Å². The van der Waals surface area contributed by atoms with Gasteiger partial charge in [-0.2, -0.15) is 0 Å². The Hall–Kier alpha value is -1.16. The van der Waals surface area contributed by atoms with Crippen LogP contribution in [0.25, 0.3) is 0 Å². The number of benzene rings is 1. The minimum atomic E-state index is -2.67. The molecule has 4 heteroatoms. The first-order valence-corrected chi connectivity index (χ1v) is 4.84. The van der Waals surface area contributed by atoms with Gasteiger partial charge in [-0.15, -0.1) is 0 Å². The van der Waals surface area contributed by atoms with Gasteiger partial charge in [0.2, 0.25) is 0 Å². The number of rotatable bonds is 5. The lowest BCUT2D eigenvalue weighted by atomic mass is 10.1. The number of aromatic hydroxyl groups is 1. The lowest BCUT2D eigenvalue weighted by Crippen LogP contribution is -2.31. The molecule has 1 rings (SSSR count). The molecule has 1 aromatic carbocycles. The van der Waals surface area contributed by atoms with Gasteiger partial charge in [-0.25, -0.2) is 8.78 Å². The molecule has 1 aromatic rings. The molecule has 0 atom stereocenters. The summed E-state index contributed by atoms with van der Waals surface area (Å²) in [4.78, 5) is 0. The van der Waals surface area contributed by atoms with Crippen LogP contribution in [0.1, 0.15) is 12.5 Å². The Labute approximate surface area is 87.9 Å². The number of phenols is 1. The quantitative estimate of drug-likeness (QED) is 0.738. The van der Waals surface area contributed by atoms with Crippen molar-refractivity contribution in [3.8, 4) is 5.75 Å². The number of phenolic OH excluding ortho intramolecular Hbond substituents is 1. The molecule has 0 aliphatic heterocycles. The topological polar surface area (TPSA) is 32.3 Å². The molecule has 0 unspecified atom stereocenters. The van der Waals surface area contributed by atoms with Gasteiger partial charge in [0.15, 0.2) is 0 Å². The fourth-order valence-corrected chi connectivity index (χ4v) is 1.25. The van der Waals surface area contributed by atoms with Crippen LogP contribution >= 0.6 is 0 Å². The Balaban J connectivity index is 2.26. The Morgan fingerprint density at radius 2 is 2.13 bits per heavy atom. The summed E-state index contributed by atoms with van der Waals surface area (Å²) < 4.78 is 24.8. The van der Waals surface area contributed by atoms with E-state index in [1.807, 2.05) is 6.07 Å². The fraction of sp³-hybridized carbons (Fsp3) is 0.455. The SMILES string of the molecule is CC(F)(F)CNCCc1cccc(O)c1. The molecule has 0 bridgehead atoms. The lowest BCUT2D eigenvalue weighted by Gasteiger charge is -2.11. The number of halogens is 2. The van der Waals surface area contributed by atoms with Crippen molar-refractivity contribution >= 4 is 0 Å². The Bertz CT molecular complexity index is 310. The molecule has 2 nitrogen and oxygen atoms in total. The monoisotopic (exact) mass is 215 g/mol. The van der Waals surface area contributed by atoms with E-state index in [1.54, 1.807) is 18.2 Å². The summed E-state index contributed by atoms with van der Waals surface area (Å²) in [5.74, 6) is -2.47. The van der Waals surface area contributed by atoms with Crippen molar-refractivity contribution in [3.63, 3.8) is 0 Å². The number of hydrogen-bond acceptors (Lipinski definition) is 2. The first-order chi connectivity index (χ1) is 6.97. The first-order valence-electron chi connectivity index (χ1n) is 4.84. The minimum absolute atomic E-state index is 0.202. The van der Waals surface area contributed by atoms with Crippen molar-refractivity contribution < 1.29 is 13.9 Å². The minimum Gasteiger partial charge on any atom is -0.508 e. The summed E-state index contributed by atoms with van der Waals surface area (Å²) in [6.45, 7) is 1.05. The van der Waals surface area contributed by atoms with Crippen molar-refractivity contribution in [1.82, 2.24) is 5.32 Å². The largest absolute Gasteiger partial charge is 0.508 e. The molecule has 2 N–H and O–H groups in total. The third-order valence-electron chi connectivity index (χ3n) is 1.94. The van der Waals surface area contributed by atoms with E-state index in [0.717, 1.165) is 12.5 Å². The fourth-order valence-electron chi connectivity index (χ4n) is 1.25. The maximum absolute atomic E-state index is 12.4. The molecule has 0 aliphatic rings. The van der Waals surface area contributed by atoms with E-state index in [1.165, 1.54) is 0 Å². The van der Waals surface area contributed by atoms with Gasteiger partial charge in [0.1, 0.15) is 5.75 Å². The van der Waals surface area contributed by atoms with Gasteiger partial charge in [0.05, 0.1) is 6.54 Å². The normalized spacial score (nSPS) is 11.7. The molecule has 0 spiro atoms. The van der Waals surface area contributed by atoms with E-state index in [0.29, 0.717) is 13.0 Å². The molecule has 0 fully saturated rings. The molecule has 15 heavy (non-hydrogen) atoms. The van der Waals surface area contributed by atoms with Crippen LogP contribution in [-0.4, -0.2) is 24.1 Å². The average molecular weight is 215 g/mol. The van der Waals surface area contributed by atoms with E-state index in [-0.39, 0.29) is 12.3 Å². The smallest absolute Gasteiger partial charge is 0.257 e. The molecular formula is C11H15F2NO. The molecule has 0 saturated carbocycles. The zero-order valence-corrected chi connectivity index (χ0v) is 8.63. The van der Waals surface area contributed by atoms with Gasteiger partial charge in [0.25, 0.3) is 5.92 Å². The number of alkyl halides is 2. The van der Waals surface area contributed by atoms with E-state index < -0.39 is 5.92 Å². The van der Waals surface area contributed by atoms with Crippen LogP contribution in [0.5, 0.6) is 5.75 Å². The second-order valence-electron chi connectivity index (χ2n) is 3.67. The van der Waals surface area contributed by atoms with Crippen molar-refractivity contribution in [3.05, 3.63) is 29.8 Å². The van der Waals surface area contributed by atoms with Gasteiger partial charge in [-0.05, 0) is 30.7 Å². The van der Waals surface area contributed by atoms with Crippen LogP contribution in [0.2, 0.25) is 0 Å². The Morgan fingerprint density at radius 3 is 2.73 bits per heavy atom. The molecule has 0 aromatic heterocycles. The predicted octanol–water partition coefficient (Wildman–Crippen LogP) is 2.18. The molecule has 0 aliphatic carbocycles. The molecule has 84 valence electrons. The maximum atomic E-state index is 12.4. The van der Waals surface area contributed by atoms with Gasteiger partial charge in [0, 0.05) is 6.92 Å². The highest BCUT2D eigenvalue weighted by atomic mass is 19.3. The van der Waals surface area contributed by atoms with Crippen molar-refractivity contribution in [2.45, 2.75) is 19.3 Å². The second-order valence-corrected chi connectivity index (χ2v) is 3.67. The molecule has 0 heterocycles. The summed E-state index contributed by atoms with van der Waals surface area (Å²) in [5.41, 5.74) is 0.932. The third kappa shape index (κ3) is 5.32. The van der Waals surface area contributed by atoms with E-state index >= 15 is 0 Å². The number of nitrogens with one attached hydrogen (secondary N) is 1. The highest BCUT2D eigenvalue weighted by Gasteiger charge is 2.19. The number of hydrogen-bond donors (Lipinski definition) is 2. The summed E-state index contributed by atoms with van der Waals surface area (Å²) in [6, 6.07) is 6.80. The Kier molecular flexibility index (Phi) is 4.03. The summed E-state index contributed by atoms with van der Waals surface area (Å²) in [6.07, 6.45) is 0.629. The van der Waals surface area contributed by atoms with Crippen molar-refractivity contribution in [2.75, 3.05) is 13.1 Å². The molecule has 0 saturated heterocycles. The summed E-state index contributed by atoms with van der Waals surface area (Å²) in [7, 11) is 0. The maximum Gasteiger partial charge on any atom is 0.257 e. The first kappa shape index (κ1) is 11.9. The highest BCUT2D eigenvalue weighted by molar-refractivity contribution is 5.27. The second kappa shape index (κ2) is 5.07.